The molecule has 1 aliphatic heterocycles. The third-order valence-electron chi connectivity index (χ3n) is 5.95. The number of amides is 1. The number of hydrogen-bond acceptors (Lipinski definition) is 5. The van der Waals surface area contributed by atoms with E-state index in [0.29, 0.717) is 11.9 Å². The number of anilines is 1. The maximum Gasteiger partial charge on any atom is 0.404 e. The van der Waals surface area contributed by atoms with Crippen LogP contribution in [0.4, 0.5) is 10.5 Å². The molecule has 2 aliphatic rings. The van der Waals surface area contributed by atoms with E-state index in [1.807, 2.05) is 0 Å². The number of rotatable bonds is 6. The third-order valence-corrected chi connectivity index (χ3v) is 5.95. The van der Waals surface area contributed by atoms with Gasteiger partial charge in [0.25, 0.3) is 0 Å². The Balaban J connectivity index is 1.37. The molecule has 4 rings (SSSR count). The molecule has 0 bridgehead atoms. The summed E-state index contributed by atoms with van der Waals surface area (Å²) in [5.41, 5.74) is 2.19. The number of nitrogens with one attached hydrogen (secondary N) is 2. The molecule has 2 fully saturated rings. The van der Waals surface area contributed by atoms with Gasteiger partial charge in [-0.2, -0.15) is 0 Å². The van der Waals surface area contributed by atoms with Crippen LogP contribution in [-0.4, -0.2) is 47.4 Å². The normalized spacial score (nSPS) is 25.0. The Bertz CT molecular complexity index is 762. The van der Waals surface area contributed by atoms with E-state index in [1.54, 1.807) is 12.5 Å². The summed E-state index contributed by atoms with van der Waals surface area (Å²) in [5.74, 6) is 0.639. The molecule has 28 heavy (non-hydrogen) atoms. The predicted molar refractivity (Wildman–Crippen MR) is 108 cm³/mol. The van der Waals surface area contributed by atoms with Crippen molar-refractivity contribution in [3.8, 4) is 11.5 Å². The van der Waals surface area contributed by atoms with Crippen LogP contribution in [0.2, 0.25) is 0 Å². The smallest absolute Gasteiger partial charge is 0.404 e. The predicted octanol–water partition coefficient (Wildman–Crippen LogP) is 3.48. The maximum atomic E-state index is 11.1. The van der Waals surface area contributed by atoms with Gasteiger partial charge in [0.1, 0.15) is 6.26 Å². The third kappa shape index (κ3) is 4.30. The van der Waals surface area contributed by atoms with Crippen LogP contribution in [0, 0.1) is 0 Å². The molecule has 2 heterocycles. The second-order valence-corrected chi connectivity index (χ2v) is 7.73. The summed E-state index contributed by atoms with van der Waals surface area (Å²) in [6.07, 6.45) is 8.84. The molecule has 1 amide bonds. The summed E-state index contributed by atoms with van der Waals surface area (Å²) in [5, 5.41) is 15.4. The van der Waals surface area contributed by atoms with Crippen molar-refractivity contribution in [1.82, 2.24) is 15.6 Å². The number of nitrogens with zero attached hydrogens (tertiary/aromatic N) is 2. The van der Waals surface area contributed by atoms with Gasteiger partial charge in [-0.25, -0.2) is 9.78 Å². The largest absolute Gasteiger partial charge is 0.465 e. The molecule has 150 valence electrons. The van der Waals surface area contributed by atoms with E-state index in [-0.39, 0.29) is 12.1 Å². The van der Waals surface area contributed by atoms with Crippen molar-refractivity contribution in [1.29, 1.82) is 0 Å². The van der Waals surface area contributed by atoms with Gasteiger partial charge in [-0.1, -0.05) is 12.8 Å². The van der Waals surface area contributed by atoms with Crippen molar-refractivity contribution in [2.75, 3.05) is 18.0 Å². The monoisotopic (exact) mass is 384 g/mol. The summed E-state index contributed by atoms with van der Waals surface area (Å²) in [4.78, 5) is 17.7. The number of carbonyl (C=O) groups is 1. The minimum atomic E-state index is -0.924. The van der Waals surface area contributed by atoms with E-state index in [2.05, 4.69) is 44.8 Å². The van der Waals surface area contributed by atoms with Crippen LogP contribution in [0.5, 0.6) is 0 Å². The Morgan fingerprint density at radius 1 is 1.14 bits per heavy atom. The van der Waals surface area contributed by atoms with E-state index in [1.165, 1.54) is 12.1 Å². The topological polar surface area (TPSA) is 90.6 Å². The zero-order chi connectivity index (χ0) is 19.3. The van der Waals surface area contributed by atoms with Gasteiger partial charge in [0.2, 0.25) is 5.89 Å². The average molecular weight is 384 g/mol. The van der Waals surface area contributed by atoms with Gasteiger partial charge in [0.15, 0.2) is 0 Å². The second kappa shape index (κ2) is 8.65. The minimum Gasteiger partial charge on any atom is -0.465 e. The summed E-state index contributed by atoms with van der Waals surface area (Å²) in [6, 6.07) is 9.04. The van der Waals surface area contributed by atoms with Crippen LogP contribution in [0.1, 0.15) is 38.5 Å². The van der Waals surface area contributed by atoms with Crippen LogP contribution in [0.15, 0.2) is 41.1 Å². The van der Waals surface area contributed by atoms with E-state index < -0.39 is 6.09 Å². The van der Waals surface area contributed by atoms with Gasteiger partial charge in [-0.3, -0.25) is 0 Å². The van der Waals surface area contributed by atoms with Crippen molar-refractivity contribution in [3.63, 3.8) is 0 Å². The molecule has 1 aliphatic carbocycles. The first kappa shape index (κ1) is 18.8. The molecule has 2 aromatic rings. The molecule has 0 spiro atoms. The Morgan fingerprint density at radius 2 is 1.93 bits per heavy atom. The van der Waals surface area contributed by atoms with Gasteiger partial charge >= 0.3 is 6.09 Å². The highest BCUT2D eigenvalue weighted by Crippen LogP contribution is 2.28. The van der Waals surface area contributed by atoms with Crippen molar-refractivity contribution < 1.29 is 14.3 Å². The molecule has 1 saturated carbocycles. The Morgan fingerprint density at radius 3 is 2.64 bits per heavy atom. The van der Waals surface area contributed by atoms with Gasteiger partial charge in [-0.05, 0) is 49.9 Å². The lowest BCUT2D eigenvalue weighted by Gasteiger charge is -2.34. The van der Waals surface area contributed by atoms with E-state index in [0.717, 1.165) is 50.8 Å². The molecule has 1 saturated heterocycles. The van der Waals surface area contributed by atoms with Crippen molar-refractivity contribution in [3.05, 3.63) is 36.7 Å². The van der Waals surface area contributed by atoms with E-state index in [9.17, 15) is 4.79 Å². The first-order valence-electron chi connectivity index (χ1n) is 10.2. The fourth-order valence-electron chi connectivity index (χ4n) is 4.54. The molecule has 1 unspecified atom stereocenters. The number of oxazole rings is 1. The van der Waals surface area contributed by atoms with E-state index >= 15 is 0 Å². The Hall–Kier alpha value is -2.54. The zero-order valence-corrected chi connectivity index (χ0v) is 16.0. The Kier molecular flexibility index (Phi) is 5.81. The summed E-state index contributed by atoms with van der Waals surface area (Å²) >= 11 is 0. The minimum absolute atomic E-state index is 0.0150. The first-order chi connectivity index (χ1) is 13.7. The molecule has 7 nitrogen and oxygen atoms in total. The molecule has 1 aromatic carbocycles. The zero-order valence-electron chi connectivity index (χ0n) is 16.0. The van der Waals surface area contributed by atoms with Crippen LogP contribution >= 0.6 is 0 Å². The molecular weight excluding hydrogens is 356 g/mol. The summed E-state index contributed by atoms with van der Waals surface area (Å²) in [6.45, 7) is 1.93. The SMILES string of the molecule is O=C(O)N[C@@H]1CCCC[C@H]1NCC1CCCN1c1ccc(-c2ncco2)cc1. The van der Waals surface area contributed by atoms with Gasteiger partial charge in [0.05, 0.1) is 6.20 Å². The molecule has 0 radical (unpaired) electrons. The number of aromatic nitrogens is 1. The average Bonchev–Trinajstić information content (AvgIpc) is 3.39. The van der Waals surface area contributed by atoms with Crippen molar-refractivity contribution in [2.45, 2.75) is 56.7 Å². The van der Waals surface area contributed by atoms with Gasteiger partial charge < -0.3 is 25.1 Å². The van der Waals surface area contributed by atoms with Gasteiger partial charge in [-0.15, -0.1) is 0 Å². The van der Waals surface area contributed by atoms with Crippen LogP contribution in [0.3, 0.4) is 0 Å². The van der Waals surface area contributed by atoms with Crippen LogP contribution in [0.25, 0.3) is 11.5 Å². The highest BCUT2D eigenvalue weighted by molar-refractivity contribution is 5.65. The summed E-state index contributed by atoms with van der Waals surface area (Å²) in [7, 11) is 0. The number of hydrogen-bond donors (Lipinski definition) is 3. The first-order valence-corrected chi connectivity index (χ1v) is 10.2. The quantitative estimate of drug-likeness (QED) is 0.706. The van der Waals surface area contributed by atoms with Crippen molar-refractivity contribution in [2.24, 2.45) is 0 Å². The van der Waals surface area contributed by atoms with E-state index in [4.69, 9.17) is 9.52 Å². The molecular formula is C21H28N4O3. The second-order valence-electron chi connectivity index (χ2n) is 7.73. The Labute approximate surface area is 165 Å². The number of carboxylic acid groups (broad SMARTS) is 1. The lowest BCUT2D eigenvalue weighted by molar-refractivity contribution is 0.179. The lowest BCUT2D eigenvalue weighted by atomic mass is 9.90. The highest BCUT2D eigenvalue weighted by atomic mass is 16.4. The molecule has 3 N–H and O–H groups in total. The lowest BCUT2D eigenvalue weighted by Crippen LogP contribution is -2.53. The molecule has 1 aromatic heterocycles. The van der Waals surface area contributed by atoms with Gasteiger partial charge in [0, 0.05) is 42.5 Å². The fraction of sp³-hybridized carbons (Fsp3) is 0.524. The van der Waals surface area contributed by atoms with Crippen molar-refractivity contribution >= 4 is 11.8 Å². The van der Waals surface area contributed by atoms with Crippen LogP contribution < -0.4 is 15.5 Å². The number of benzene rings is 1. The standard InChI is InChI=1S/C21H28N4O3/c26-21(27)24-19-6-2-1-5-18(19)23-14-17-4-3-12-25(17)16-9-7-15(8-10-16)20-22-11-13-28-20/h7-11,13,17-19,23-24H,1-6,12,14H2,(H,26,27)/t17?,18-,19-/m1/s1. The molecule has 3 atom stereocenters. The molecule has 7 heteroatoms. The highest BCUT2D eigenvalue weighted by Gasteiger charge is 2.29. The van der Waals surface area contributed by atoms with Crippen LogP contribution in [-0.2, 0) is 0 Å². The fourth-order valence-corrected chi connectivity index (χ4v) is 4.54. The summed E-state index contributed by atoms with van der Waals surface area (Å²) < 4.78 is 5.37. The maximum absolute atomic E-state index is 11.1.